The summed E-state index contributed by atoms with van der Waals surface area (Å²) in [6, 6.07) is -2.79. The Morgan fingerprint density at radius 3 is 2.04 bits per heavy atom. The predicted molar refractivity (Wildman–Crippen MR) is 277 cm³/mol. The van der Waals surface area contributed by atoms with E-state index in [4.69, 9.17) is 45.5 Å². The first-order valence-corrected chi connectivity index (χ1v) is 25.1. The lowest BCUT2D eigenvalue weighted by Crippen LogP contribution is -2.61. The van der Waals surface area contributed by atoms with Gasteiger partial charge in [0.1, 0.15) is 47.4 Å². The third-order valence-electron chi connectivity index (χ3n) is 11.8. The van der Waals surface area contributed by atoms with Gasteiger partial charge < -0.3 is 92.5 Å². The minimum atomic E-state index is -1.62. The van der Waals surface area contributed by atoms with Crippen molar-refractivity contribution in [2.45, 2.75) is 126 Å². The number of benzene rings is 1. The highest BCUT2D eigenvalue weighted by molar-refractivity contribution is 6.40. The van der Waals surface area contributed by atoms with Crippen LogP contribution in [0.15, 0.2) is 41.0 Å². The summed E-state index contributed by atoms with van der Waals surface area (Å²) in [5.41, 5.74) is 38.6. The van der Waals surface area contributed by atoms with E-state index in [0.29, 0.717) is 38.6 Å². The summed E-state index contributed by atoms with van der Waals surface area (Å²) in [6.07, 6.45) is 1.51. The van der Waals surface area contributed by atoms with Crippen LogP contribution >= 0.6 is 0 Å². The topological polar surface area (TPSA) is 500 Å². The Balaban J connectivity index is 2.35. The Hall–Kier alpha value is -7.02. The number of carbonyl (C=O) groups is 9. The number of rotatable bonds is 35. The molecular formula is C47H78FN17O11. The average molecular weight is 1080 g/mol. The van der Waals surface area contributed by atoms with Crippen LogP contribution in [0.2, 0.25) is 0 Å². The zero-order chi connectivity index (χ0) is 56.7. The van der Waals surface area contributed by atoms with E-state index in [9.17, 15) is 53.4 Å². The number of aliphatic hydroxyl groups excluding tert-OH is 1. The van der Waals surface area contributed by atoms with Gasteiger partial charge in [0, 0.05) is 26.1 Å². The van der Waals surface area contributed by atoms with Gasteiger partial charge in [-0.3, -0.25) is 43.8 Å². The van der Waals surface area contributed by atoms with Gasteiger partial charge in [-0.1, -0.05) is 30.7 Å². The Morgan fingerprint density at radius 1 is 0.776 bits per heavy atom. The molecule has 24 N–H and O–H groups in total. The van der Waals surface area contributed by atoms with E-state index < -0.39 is 127 Å². The van der Waals surface area contributed by atoms with Gasteiger partial charge in [-0.05, 0) is 108 Å². The third kappa shape index (κ3) is 22.8. The SMILES string of the molecule is N=C(N)NCC/C=C(\NC(=O)[C@H](CCCCN)NC(=O)[C@H](Cc1ccccc1F)NC(=O)[C@@H]1CCCN1C(=O)/C(CCCN)=N/C(=O)CNC(=O)[C@H](CCN)NC(=O)[C@@H](NC(=O)[C@@H](N)CCCCN)[C@@H](O)CN)C(=O)O. The quantitative estimate of drug-likeness (QED) is 0.0130. The Labute approximate surface area is 439 Å². The summed E-state index contributed by atoms with van der Waals surface area (Å²) in [5.74, 6) is -9.81. The zero-order valence-corrected chi connectivity index (χ0v) is 42.7. The molecule has 29 heteroatoms. The number of unbranched alkanes of at least 4 members (excludes halogenated alkanes) is 2. The Kier molecular flexibility index (Phi) is 30.2. The second kappa shape index (κ2) is 35.3. The van der Waals surface area contributed by atoms with Crippen LogP contribution in [-0.4, -0.2) is 175 Å². The zero-order valence-electron chi connectivity index (χ0n) is 42.7. The molecule has 1 aromatic carbocycles. The molecule has 0 unspecified atom stereocenters. The highest BCUT2D eigenvalue weighted by Gasteiger charge is 2.39. The first-order valence-electron chi connectivity index (χ1n) is 25.1. The Morgan fingerprint density at radius 2 is 1.42 bits per heavy atom. The van der Waals surface area contributed by atoms with E-state index in [1.54, 1.807) is 0 Å². The van der Waals surface area contributed by atoms with Crippen molar-refractivity contribution in [1.82, 2.24) is 42.1 Å². The molecule has 7 atom stereocenters. The second-order valence-corrected chi connectivity index (χ2v) is 17.8. The normalized spacial score (nSPS) is 15.9. The summed E-state index contributed by atoms with van der Waals surface area (Å²) < 4.78 is 15.1. The lowest BCUT2D eigenvalue weighted by atomic mass is 10.0. The van der Waals surface area contributed by atoms with Crippen LogP contribution in [0.1, 0.15) is 82.6 Å². The van der Waals surface area contributed by atoms with Crippen molar-refractivity contribution in [2.75, 3.05) is 52.4 Å². The summed E-state index contributed by atoms with van der Waals surface area (Å²) >= 11 is 0. The number of hydrogen-bond donors (Lipinski definition) is 17. The molecule has 1 heterocycles. The van der Waals surface area contributed by atoms with Gasteiger partial charge in [0.05, 0.1) is 18.7 Å². The molecular weight excluding hydrogens is 998 g/mol. The average Bonchev–Trinajstić information content (AvgIpc) is 3.89. The standard InChI is InChI=1S/C47H78FN17O11/c48-28-11-2-1-10-27(28)24-34(42(71)60-30(13-4-6-19-50)41(70)62-33(46(75)76)15-8-22-57-47(55)56)63-43(72)35-16-9-23-65(35)45(74)32(14-7-20-51)59-37(67)26-58-40(69)31(17-21-52)61-44(73)38(36(66)25-53)64-39(68)29(54)12-3-5-18-49/h1-2,10-11,15,29-31,34-36,38,66H,3-9,12-14,16-26,49-54H2,(H,58,69)(H,60,71)(H,61,73)(H,62,70)(H,63,72)(H,64,68)(H,75,76)(H4,55,56,57)/b33-15-,59-32+/t29-,30-,31-,34-,35-,36-,38-/m0/s1. The number of nitrogens with zero attached hydrogens (tertiary/aromatic N) is 2. The van der Waals surface area contributed by atoms with Crippen LogP contribution in [0.3, 0.4) is 0 Å². The number of likely N-dealkylation sites (tertiary alicyclic amines) is 1. The van der Waals surface area contributed by atoms with E-state index in [1.165, 1.54) is 24.3 Å². The van der Waals surface area contributed by atoms with Gasteiger partial charge in [-0.15, -0.1) is 0 Å². The second-order valence-electron chi connectivity index (χ2n) is 17.8. The summed E-state index contributed by atoms with van der Waals surface area (Å²) in [7, 11) is 0. The van der Waals surface area contributed by atoms with Gasteiger partial charge in [0.2, 0.25) is 35.4 Å². The molecule has 0 saturated carbocycles. The Bertz CT molecular complexity index is 2200. The van der Waals surface area contributed by atoms with Crippen molar-refractivity contribution >= 4 is 64.9 Å². The van der Waals surface area contributed by atoms with Crippen LogP contribution in [-0.2, 0) is 49.6 Å². The molecule has 1 fully saturated rings. The van der Waals surface area contributed by atoms with Gasteiger partial charge in [-0.2, -0.15) is 0 Å². The minimum absolute atomic E-state index is 0.00227. The number of carboxylic acid groups (broad SMARTS) is 1. The summed E-state index contributed by atoms with van der Waals surface area (Å²) in [4.78, 5) is 126. The van der Waals surface area contributed by atoms with E-state index in [0.717, 1.165) is 11.0 Å². The molecule has 0 aromatic heterocycles. The van der Waals surface area contributed by atoms with Crippen molar-refractivity contribution in [2.24, 2.45) is 45.1 Å². The number of nitrogens with two attached hydrogens (primary N) is 7. The number of aliphatic imine (C=N–C) groups is 1. The maximum Gasteiger partial charge on any atom is 0.352 e. The molecule has 28 nitrogen and oxygen atoms in total. The summed E-state index contributed by atoms with van der Waals surface area (Å²) in [6.45, 7) is -0.620. The van der Waals surface area contributed by atoms with Gasteiger partial charge >= 0.3 is 5.97 Å². The fourth-order valence-corrected chi connectivity index (χ4v) is 7.70. The number of carbonyl (C=O) groups excluding carboxylic acids is 8. The molecule has 0 spiro atoms. The molecule has 8 amide bonds. The van der Waals surface area contributed by atoms with E-state index in [-0.39, 0.29) is 94.9 Å². The molecule has 0 bridgehead atoms. The van der Waals surface area contributed by atoms with Crippen LogP contribution < -0.4 is 77.4 Å². The van der Waals surface area contributed by atoms with E-state index in [2.05, 4.69) is 42.2 Å². The third-order valence-corrected chi connectivity index (χ3v) is 11.8. The number of guanidine groups is 1. The lowest BCUT2D eigenvalue weighted by Gasteiger charge is -2.28. The van der Waals surface area contributed by atoms with Gasteiger partial charge in [-0.25, -0.2) is 14.2 Å². The molecule has 1 aliphatic rings. The van der Waals surface area contributed by atoms with Crippen LogP contribution in [0.5, 0.6) is 0 Å². The minimum Gasteiger partial charge on any atom is -0.477 e. The number of amides is 8. The molecule has 424 valence electrons. The van der Waals surface area contributed by atoms with Crippen molar-refractivity contribution in [1.29, 1.82) is 5.41 Å². The number of aliphatic carboxylic acids is 1. The van der Waals surface area contributed by atoms with E-state index in [1.807, 2.05) is 0 Å². The predicted octanol–water partition coefficient (Wildman–Crippen LogP) is -5.67. The maximum absolute atomic E-state index is 15.1. The highest BCUT2D eigenvalue weighted by atomic mass is 19.1. The molecule has 2 rings (SSSR count). The van der Waals surface area contributed by atoms with E-state index >= 15 is 4.39 Å². The van der Waals surface area contributed by atoms with Crippen LogP contribution in [0.4, 0.5) is 4.39 Å². The van der Waals surface area contributed by atoms with Crippen LogP contribution in [0.25, 0.3) is 0 Å². The fraction of sp³-hybridized carbons (Fsp3) is 0.596. The molecule has 1 aromatic rings. The number of halogens is 1. The van der Waals surface area contributed by atoms with Crippen molar-refractivity contribution < 1.29 is 57.8 Å². The molecule has 76 heavy (non-hydrogen) atoms. The molecule has 1 saturated heterocycles. The summed E-state index contributed by atoms with van der Waals surface area (Å²) in [5, 5.41) is 44.6. The monoisotopic (exact) mass is 1080 g/mol. The largest absolute Gasteiger partial charge is 0.477 e. The molecule has 1 aliphatic heterocycles. The number of aliphatic hydroxyl groups is 1. The first-order chi connectivity index (χ1) is 36.2. The number of hydrogen-bond acceptors (Lipinski definition) is 17. The van der Waals surface area contributed by atoms with Crippen molar-refractivity contribution in [3.05, 3.63) is 47.4 Å². The maximum atomic E-state index is 15.1. The van der Waals surface area contributed by atoms with Crippen molar-refractivity contribution in [3.63, 3.8) is 0 Å². The van der Waals surface area contributed by atoms with Gasteiger partial charge in [0.15, 0.2) is 5.96 Å². The van der Waals surface area contributed by atoms with Gasteiger partial charge in [0.25, 0.3) is 11.8 Å². The number of carboxylic acids is 1. The smallest absolute Gasteiger partial charge is 0.352 e. The first kappa shape index (κ1) is 65.1. The van der Waals surface area contributed by atoms with Crippen LogP contribution in [0, 0.1) is 11.2 Å². The number of nitrogens with one attached hydrogen (secondary N) is 8. The fourth-order valence-electron chi connectivity index (χ4n) is 7.70. The van der Waals surface area contributed by atoms with Crippen molar-refractivity contribution in [3.8, 4) is 0 Å². The molecule has 0 radical (unpaired) electrons. The highest BCUT2D eigenvalue weighted by Crippen LogP contribution is 2.20. The lowest BCUT2D eigenvalue weighted by molar-refractivity contribution is -0.137. The molecule has 0 aliphatic carbocycles.